The van der Waals surface area contributed by atoms with E-state index < -0.39 is 0 Å². The SMILES string of the molecule is CC(C)c1ccc(NC(=O)c2cc(C(=O)Nc3cccc(Cl)c3)ccn2)cc1. The molecule has 1 aromatic heterocycles. The zero-order valence-corrected chi connectivity index (χ0v) is 16.3. The number of rotatable bonds is 5. The van der Waals surface area contributed by atoms with Crippen molar-refractivity contribution in [2.45, 2.75) is 19.8 Å². The molecule has 0 radical (unpaired) electrons. The molecule has 0 atom stereocenters. The number of aromatic nitrogens is 1. The summed E-state index contributed by atoms with van der Waals surface area (Å²) >= 11 is 5.93. The maximum absolute atomic E-state index is 12.5. The molecule has 0 unspecified atom stereocenters. The Morgan fingerprint density at radius 3 is 2.29 bits per heavy atom. The molecule has 3 rings (SSSR count). The molecular weight excluding hydrogens is 374 g/mol. The van der Waals surface area contributed by atoms with Gasteiger partial charge in [0.05, 0.1) is 0 Å². The number of halogens is 1. The number of amides is 2. The van der Waals surface area contributed by atoms with Crippen molar-refractivity contribution in [3.8, 4) is 0 Å². The molecule has 3 aromatic rings. The van der Waals surface area contributed by atoms with Crippen LogP contribution in [0.5, 0.6) is 0 Å². The summed E-state index contributed by atoms with van der Waals surface area (Å²) in [4.78, 5) is 29.0. The quantitative estimate of drug-likeness (QED) is 0.612. The summed E-state index contributed by atoms with van der Waals surface area (Å²) in [6, 6.07) is 17.5. The third kappa shape index (κ3) is 4.96. The minimum atomic E-state index is -0.380. The van der Waals surface area contributed by atoms with Gasteiger partial charge in [0, 0.05) is 28.2 Å². The van der Waals surface area contributed by atoms with Crippen LogP contribution in [0.4, 0.5) is 11.4 Å². The van der Waals surface area contributed by atoms with Crippen LogP contribution in [0.3, 0.4) is 0 Å². The number of hydrogen-bond donors (Lipinski definition) is 2. The topological polar surface area (TPSA) is 71.1 Å². The van der Waals surface area contributed by atoms with Crippen LogP contribution in [0.1, 0.15) is 46.2 Å². The maximum Gasteiger partial charge on any atom is 0.274 e. The van der Waals surface area contributed by atoms with Gasteiger partial charge in [-0.1, -0.05) is 43.6 Å². The van der Waals surface area contributed by atoms with Crippen LogP contribution in [-0.4, -0.2) is 16.8 Å². The van der Waals surface area contributed by atoms with Gasteiger partial charge in [-0.05, 0) is 53.9 Å². The van der Waals surface area contributed by atoms with Gasteiger partial charge in [-0.3, -0.25) is 14.6 Å². The Hall–Kier alpha value is -3.18. The number of pyridine rings is 1. The minimum Gasteiger partial charge on any atom is -0.322 e. The zero-order chi connectivity index (χ0) is 20.1. The first kappa shape index (κ1) is 19.6. The van der Waals surface area contributed by atoms with E-state index in [0.29, 0.717) is 27.9 Å². The van der Waals surface area contributed by atoms with Gasteiger partial charge < -0.3 is 10.6 Å². The fourth-order valence-electron chi connectivity index (χ4n) is 2.61. The van der Waals surface area contributed by atoms with Crippen LogP contribution in [0.15, 0.2) is 66.9 Å². The molecule has 142 valence electrons. The Morgan fingerprint density at radius 1 is 0.893 bits per heavy atom. The Kier molecular flexibility index (Phi) is 6.06. The normalized spacial score (nSPS) is 10.6. The number of hydrogen-bond acceptors (Lipinski definition) is 3. The predicted octanol–water partition coefficient (Wildman–Crippen LogP) is 5.36. The third-order valence-electron chi connectivity index (χ3n) is 4.17. The molecule has 0 bridgehead atoms. The van der Waals surface area contributed by atoms with E-state index in [9.17, 15) is 9.59 Å². The predicted molar refractivity (Wildman–Crippen MR) is 112 cm³/mol. The summed E-state index contributed by atoms with van der Waals surface area (Å²) in [5.74, 6) is -0.309. The summed E-state index contributed by atoms with van der Waals surface area (Å²) in [5.41, 5.74) is 2.92. The van der Waals surface area contributed by atoms with E-state index in [4.69, 9.17) is 11.6 Å². The molecular formula is C22H20ClN3O2. The first-order valence-electron chi connectivity index (χ1n) is 8.86. The first-order chi connectivity index (χ1) is 13.4. The lowest BCUT2D eigenvalue weighted by atomic mass is 10.0. The molecule has 2 aromatic carbocycles. The highest BCUT2D eigenvalue weighted by atomic mass is 35.5. The summed E-state index contributed by atoms with van der Waals surface area (Å²) in [6.07, 6.45) is 1.43. The van der Waals surface area contributed by atoms with E-state index in [-0.39, 0.29) is 17.5 Å². The average molecular weight is 394 g/mol. The molecule has 1 heterocycles. The van der Waals surface area contributed by atoms with Gasteiger partial charge in [0.1, 0.15) is 5.69 Å². The molecule has 0 saturated heterocycles. The number of nitrogens with one attached hydrogen (secondary N) is 2. The van der Waals surface area contributed by atoms with E-state index in [1.54, 1.807) is 30.3 Å². The summed E-state index contributed by atoms with van der Waals surface area (Å²) in [5, 5.41) is 6.07. The average Bonchev–Trinajstić information content (AvgIpc) is 2.68. The van der Waals surface area contributed by atoms with E-state index in [1.165, 1.54) is 17.8 Å². The lowest BCUT2D eigenvalue weighted by molar-refractivity contribution is 0.102. The van der Waals surface area contributed by atoms with Crippen molar-refractivity contribution in [2.24, 2.45) is 0 Å². The molecule has 5 nitrogen and oxygen atoms in total. The Bertz CT molecular complexity index is 1000. The van der Waals surface area contributed by atoms with Crippen LogP contribution in [0.2, 0.25) is 5.02 Å². The van der Waals surface area contributed by atoms with E-state index >= 15 is 0 Å². The number of carbonyl (C=O) groups is 2. The van der Waals surface area contributed by atoms with Gasteiger partial charge in [-0.25, -0.2) is 0 Å². The number of nitrogens with zero attached hydrogens (tertiary/aromatic N) is 1. The van der Waals surface area contributed by atoms with Crippen molar-refractivity contribution in [2.75, 3.05) is 10.6 Å². The summed E-state index contributed by atoms with van der Waals surface area (Å²) in [6.45, 7) is 4.22. The number of anilines is 2. The lowest BCUT2D eigenvalue weighted by Gasteiger charge is -2.09. The van der Waals surface area contributed by atoms with E-state index in [1.807, 2.05) is 24.3 Å². The largest absolute Gasteiger partial charge is 0.322 e. The standard InChI is InChI=1S/C22H20ClN3O2/c1-14(2)15-6-8-18(9-7-15)25-22(28)20-12-16(10-11-24-20)21(27)26-19-5-3-4-17(23)13-19/h3-14H,1-2H3,(H,25,28)(H,26,27). The van der Waals surface area contributed by atoms with Gasteiger partial charge in [0.2, 0.25) is 0 Å². The number of carbonyl (C=O) groups excluding carboxylic acids is 2. The second kappa shape index (κ2) is 8.67. The van der Waals surface area contributed by atoms with Crippen molar-refractivity contribution in [3.63, 3.8) is 0 Å². The van der Waals surface area contributed by atoms with Crippen LogP contribution in [0.25, 0.3) is 0 Å². The third-order valence-corrected chi connectivity index (χ3v) is 4.41. The van der Waals surface area contributed by atoms with Crippen molar-refractivity contribution >= 4 is 34.8 Å². The zero-order valence-electron chi connectivity index (χ0n) is 15.6. The Labute approximate surface area is 168 Å². The molecule has 0 aliphatic heterocycles. The highest BCUT2D eigenvalue weighted by molar-refractivity contribution is 6.31. The highest BCUT2D eigenvalue weighted by Gasteiger charge is 2.13. The molecule has 6 heteroatoms. The summed E-state index contributed by atoms with van der Waals surface area (Å²) < 4.78 is 0. The molecule has 0 aliphatic rings. The van der Waals surface area contributed by atoms with Crippen LogP contribution < -0.4 is 10.6 Å². The van der Waals surface area contributed by atoms with Crippen molar-refractivity contribution in [1.82, 2.24) is 4.98 Å². The van der Waals surface area contributed by atoms with Gasteiger partial charge in [-0.15, -0.1) is 0 Å². The van der Waals surface area contributed by atoms with Gasteiger partial charge in [0.25, 0.3) is 11.8 Å². The molecule has 0 fully saturated rings. The smallest absolute Gasteiger partial charge is 0.274 e. The second-order valence-corrected chi connectivity index (χ2v) is 7.06. The molecule has 2 amide bonds. The minimum absolute atomic E-state index is 0.159. The van der Waals surface area contributed by atoms with Gasteiger partial charge in [-0.2, -0.15) is 0 Å². The Balaban J connectivity index is 1.71. The molecule has 2 N–H and O–H groups in total. The molecule has 28 heavy (non-hydrogen) atoms. The highest BCUT2D eigenvalue weighted by Crippen LogP contribution is 2.18. The summed E-state index contributed by atoms with van der Waals surface area (Å²) in [7, 11) is 0. The monoisotopic (exact) mass is 393 g/mol. The van der Waals surface area contributed by atoms with Crippen LogP contribution >= 0.6 is 11.6 Å². The number of benzene rings is 2. The van der Waals surface area contributed by atoms with E-state index in [2.05, 4.69) is 29.5 Å². The van der Waals surface area contributed by atoms with Crippen molar-refractivity contribution < 1.29 is 9.59 Å². The van der Waals surface area contributed by atoms with Gasteiger partial charge in [0.15, 0.2) is 0 Å². The van der Waals surface area contributed by atoms with E-state index in [0.717, 1.165) is 0 Å². The molecule has 0 aliphatic carbocycles. The molecule has 0 saturated carbocycles. The Morgan fingerprint density at radius 2 is 1.61 bits per heavy atom. The maximum atomic E-state index is 12.5. The fourth-order valence-corrected chi connectivity index (χ4v) is 2.80. The van der Waals surface area contributed by atoms with Crippen molar-refractivity contribution in [3.05, 3.63) is 88.7 Å². The second-order valence-electron chi connectivity index (χ2n) is 6.63. The van der Waals surface area contributed by atoms with Crippen LogP contribution in [0, 0.1) is 0 Å². The molecule has 0 spiro atoms. The van der Waals surface area contributed by atoms with Crippen LogP contribution in [-0.2, 0) is 0 Å². The van der Waals surface area contributed by atoms with Gasteiger partial charge >= 0.3 is 0 Å². The fraction of sp³-hybridized carbons (Fsp3) is 0.136. The van der Waals surface area contributed by atoms with Crippen molar-refractivity contribution in [1.29, 1.82) is 0 Å². The first-order valence-corrected chi connectivity index (χ1v) is 9.24. The lowest BCUT2D eigenvalue weighted by Crippen LogP contribution is -2.17.